The molecule has 1 aliphatic carbocycles. The Morgan fingerprint density at radius 1 is 1.00 bits per heavy atom. The summed E-state index contributed by atoms with van der Waals surface area (Å²) < 4.78 is 24.0. The van der Waals surface area contributed by atoms with E-state index < -0.39 is 5.91 Å². The number of benzene rings is 3. The number of aryl methyl sites for hydroxylation is 1. The maximum absolute atomic E-state index is 13.0. The van der Waals surface area contributed by atoms with E-state index in [1.54, 1.807) is 18.2 Å². The highest BCUT2D eigenvalue weighted by Crippen LogP contribution is 2.41. The average molecular weight is 463 g/mol. The summed E-state index contributed by atoms with van der Waals surface area (Å²) in [6.07, 6.45) is 2.18. The van der Waals surface area contributed by atoms with Gasteiger partial charge in [-0.1, -0.05) is 29.8 Å². The number of rotatable bonds is 9. The van der Waals surface area contributed by atoms with Crippen molar-refractivity contribution in [2.45, 2.75) is 25.8 Å². The van der Waals surface area contributed by atoms with E-state index in [4.69, 9.17) is 9.47 Å². The predicted octanol–water partition coefficient (Wildman–Crippen LogP) is 5.04. The summed E-state index contributed by atoms with van der Waals surface area (Å²) in [6.45, 7) is 1.77. The Labute approximate surface area is 198 Å². The fraction of sp³-hybridized carbons (Fsp3) is 0.259. The summed E-state index contributed by atoms with van der Waals surface area (Å²) in [6, 6.07) is 18.5. The molecule has 1 aliphatic rings. The minimum absolute atomic E-state index is 0.0369. The van der Waals surface area contributed by atoms with Gasteiger partial charge in [0.25, 0.3) is 11.8 Å². The summed E-state index contributed by atoms with van der Waals surface area (Å²) >= 11 is 0. The Kier molecular flexibility index (Phi) is 7.11. The number of hydrogen-bond acceptors (Lipinski definition) is 4. The van der Waals surface area contributed by atoms with Gasteiger partial charge in [0.1, 0.15) is 5.82 Å². The normalized spacial score (nSPS) is 13.6. The molecule has 2 amide bonds. The molecule has 6 nitrogen and oxygen atoms in total. The highest BCUT2D eigenvalue weighted by molar-refractivity contribution is 5.95. The van der Waals surface area contributed by atoms with Crippen LogP contribution >= 0.6 is 0 Å². The molecule has 0 heterocycles. The van der Waals surface area contributed by atoms with Crippen molar-refractivity contribution >= 4 is 17.5 Å². The molecule has 4 rings (SSSR count). The molecule has 34 heavy (non-hydrogen) atoms. The van der Waals surface area contributed by atoms with Crippen molar-refractivity contribution in [2.75, 3.05) is 19.0 Å². The molecule has 0 aliphatic heterocycles. The Hall–Kier alpha value is -3.87. The van der Waals surface area contributed by atoms with Gasteiger partial charge in [0.15, 0.2) is 18.1 Å². The summed E-state index contributed by atoms with van der Waals surface area (Å²) in [5.74, 6) is 0.143. The van der Waals surface area contributed by atoms with Crippen LogP contribution in [0, 0.1) is 18.7 Å². The molecule has 7 heteroatoms. The van der Waals surface area contributed by atoms with Crippen LogP contribution in [0.2, 0.25) is 0 Å². The molecule has 1 saturated carbocycles. The van der Waals surface area contributed by atoms with Crippen LogP contribution in [0.4, 0.5) is 10.1 Å². The third kappa shape index (κ3) is 5.92. The zero-order chi connectivity index (χ0) is 24.1. The molecule has 0 radical (unpaired) electrons. The van der Waals surface area contributed by atoms with Crippen LogP contribution in [-0.2, 0) is 4.79 Å². The standard InChI is InChI=1S/C27H27FN2O4/c1-17-3-5-18(6-4-17)26(19-7-8-19)30-27(32)20-9-14-23(24(15-20)33-2)34-16-25(31)29-22-12-10-21(28)11-13-22/h3-6,9-15,19,26H,7-8,16H2,1-2H3,(H,29,31)(H,30,32). The van der Waals surface area contributed by atoms with Gasteiger partial charge < -0.3 is 20.1 Å². The van der Waals surface area contributed by atoms with Crippen molar-refractivity contribution < 1.29 is 23.5 Å². The second kappa shape index (κ2) is 10.4. The number of anilines is 1. The molecule has 3 aromatic rings. The Bertz CT molecular complexity index is 1160. The van der Waals surface area contributed by atoms with Gasteiger partial charge in [-0.3, -0.25) is 9.59 Å². The van der Waals surface area contributed by atoms with Crippen molar-refractivity contribution in [2.24, 2.45) is 5.92 Å². The van der Waals surface area contributed by atoms with Crippen LogP contribution in [0.25, 0.3) is 0 Å². The lowest BCUT2D eigenvalue weighted by atomic mass is 10.0. The molecule has 0 bridgehead atoms. The largest absolute Gasteiger partial charge is 0.493 e. The van der Waals surface area contributed by atoms with E-state index in [2.05, 4.69) is 34.9 Å². The lowest BCUT2D eigenvalue weighted by molar-refractivity contribution is -0.118. The number of halogens is 1. The number of amides is 2. The minimum atomic E-state index is -0.402. The van der Waals surface area contributed by atoms with Crippen molar-refractivity contribution in [1.29, 1.82) is 0 Å². The Morgan fingerprint density at radius 2 is 1.71 bits per heavy atom. The van der Waals surface area contributed by atoms with Crippen LogP contribution < -0.4 is 20.1 Å². The fourth-order valence-electron chi connectivity index (χ4n) is 3.70. The second-order valence-corrected chi connectivity index (χ2v) is 8.41. The van der Waals surface area contributed by atoms with Crippen molar-refractivity contribution in [3.63, 3.8) is 0 Å². The molecule has 2 N–H and O–H groups in total. The molecule has 1 fully saturated rings. The molecule has 0 saturated heterocycles. The monoisotopic (exact) mass is 462 g/mol. The second-order valence-electron chi connectivity index (χ2n) is 8.41. The first-order valence-corrected chi connectivity index (χ1v) is 11.2. The van der Waals surface area contributed by atoms with E-state index in [-0.39, 0.29) is 24.4 Å². The number of carbonyl (C=O) groups is 2. The third-order valence-corrected chi connectivity index (χ3v) is 5.73. The first-order chi connectivity index (χ1) is 16.4. The number of carbonyl (C=O) groups excluding carboxylic acids is 2. The molecular formula is C27H27FN2O4. The third-order valence-electron chi connectivity index (χ3n) is 5.73. The van der Waals surface area contributed by atoms with E-state index >= 15 is 0 Å². The van der Waals surface area contributed by atoms with Crippen LogP contribution in [0.15, 0.2) is 66.7 Å². The lowest BCUT2D eigenvalue weighted by Crippen LogP contribution is -2.30. The molecule has 1 unspecified atom stereocenters. The number of methoxy groups -OCH3 is 1. The quantitative estimate of drug-likeness (QED) is 0.467. The average Bonchev–Trinajstić information content (AvgIpc) is 3.68. The fourth-order valence-corrected chi connectivity index (χ4v) is 3.70. The van der Waals surface area contributed by atoms with Crippen molar-refractivity contribution in [3.05, 3.63) is 89.2 Å². The van der Waals surface area contributed by atoms with Gasteiger partial charge in [-0.05, 0) is 73.7 Å². The molecule has 3 aromatic carbocycles. The van der Waals surface area contributed by atoms with Crippen molar-refractivity contribution in [1.82, 2.24) is 5.32 Å². The van der Waals surface area contributed by atoms with Crippen LogP contribution in [0.5, 0.6) is 11.5 Å². The van der Waals surface area contributed by atoms with Gasteiger partial charge in [-0.15, -0.1) is 0 Å². The smallest absolute Gasteiger partial charge is 0.262 e. The zero-order valence-electron chi connectivity index (χ0n) is 19.1. The summed E-state index contributed by atoms with van der Waals surface area (Å²) in [5, 5.41) is 5.79. The summed E-state index contributed by atoms with van der Waals surface area (Å²) in [7, 11) is 1.47. The number of nitrogens with one attached hydrogen (secondary N) is 2. The van der Waals surface area contributed by atoms with Crippen LogP contribution in [0.1, 0.15) is 40.4 Å². The highest BCUT2D eigenvalue weighted by Gasteiger charge is 2.33. The van der Waals surface area contributed by atoms with E-state index in [9.17, 15) is 14.0 Å². The zero-order valence-corrected chi connectivity index (χ0v) is 19.1. The number of hydrogen-bond donors (Lipinski definition) is 2. The van der Waals surface area contributed by atoms with Gasteiger partial charge in [0.05, 0.1) is 13.2 Å². The topological polar surface area (TPSA) is 76.7 Å². The van der Waals surface area contributed by atoms with Gasteiger partial charge in [0.2, 0.25) is 0 Å². The first kappa shape index (κ1) is 23.3. The summed E-state index contributed by atoms with van der Waals surface area (Å²) in [4.78, 5) is 25.2. The molecule has 176 valence electrons. The minimum Gasteiger partial charge on any atom is -0.493 e. The Balaban J connectivity index is 1.39. The highest BCUT2D eigenvalue weighted by atomic mass is 19.1. The molecule has 0 aromatic heterocycles. The van der Waals surface area contributed by atoms with Gasteiger partial charge >= 0.3 is 0 Å². The molecule has 0 spiro atoms. The molecule has 1 atom stereocenters. The van der Waals surface area contributed by atoms with Gasteiger partial charge in [-0.2, -0.15) is 0 Å². The van der Waals surface area contributed by atoms with Crippen LogP contribution in [0.3, 0.4) is 0 Å². The SMILES string of the molecule is COc1cc(C(=O)NC(c2ccc(C)cc2)C2CC2)ccc1OCC(=O)Nc1ccc(F)cc1. The van der Waals surface area contributed by atoms with E-state index in [1.165, 1.54) is 36.9 Å². The molecular weight excluding hydrogens is 435 g/mol. The van der Waals surface area contributed by atoms with Crippen LogP contribution in [-0.4, -0.2) is 25.5 Å². The maximum Gasteiger partial charge on any atom is 0.262 e. The first-order valence-electron chi connectivity index (χ1n) is 11.2. The van der Waals surface area contributed by atoms with E-state index in [0.29, 0.717) is 28.7 Å². The van der Waals surface area contributed by atoms with E-state index in [1.807, 2.05) is 6.92 Å². The number of ether oxygens (including phenoxy) is 2. The maximum atomic E-state index is 13.0. The van der Waals surface area contributed by atoms with Crippen molar-refractivity contribution in [3.8, 4) is 11.5 Å². The Morgan fingerprint density at radius 3 is 2.35 bits per heavy atom. The van der Waals surface area contributed by atoms with Gasteiger partial charge in [-0.25, -0.2) is 4.39 Å². The predicted molar refractivity (Wildman–Crippen MR) is 128 cm³/mol. The van der Waals surface area contributed by atoms with Gasteiger partial charge in [0, 0.05) is 11.3 Å². The van der Waals surface area contributed by atoms with E-state index in [0.717, 1.165) is 18.4 Å². The summed E-state index contributed by atoms with van der Waals surface area (Å²) in [5.41, 5.74) is 3.18. The lowest BCUT2D eigenvalue weighted by Gasteiger charge is -2.20.